The van der Waals surface area contributed by atoms with Crippen molar-refractivity contribution < 1.29 is 14.3 Å². The topological polar surface area (TPSA) is 67.4 Å². The summed E-state index contributed by atoms with van der Waals surface area (Å²) in [6.45, 7) is 5.56. The van der Waals surface area contributed by atoms with Crippen LogP contribution in [0.2, 0.25) is 0 Å². The van der Waals surface area contributed by atoms with Crippen LogP contribution >= 0.6 is 0 Å². The monoisotopic (exact) mass is 362 g/mol. The average Bonchev–Trinajstić information content (AvgIpc) is 2.68. The van der Waals surface area contributed by atoms with Crippen LogP contribution in [0.4, 0.5) is 0 Å². The molecule has 2 N–H and O–H groups in total. The maximum Gasteiger partial charge on any atom is 0.279 e. The molecule has 5 heteroatoms. The lowest BCUT2D eigenvalue weighted by Crippen LogP contribution is -2.47. The molecule has 3 rings (SSSR count). The predicted octanol–water partition coefficient (Wildman–Crippen LogP) is 3.69. The number of carbonyl (C=O) groups excluding carboxylic acids is 2. The van der Waals surface area contributed by atoms with Gasteiger partial charge in [-0.2, -0.15) is 0 Å². The zero-order chi connectivity index (χ0) is 19.4. The molecular weight excluding hydrogens is 340 g/mol. The van der Waals surface area contributed by atoms with Gasteiger partial charge in [-0.1, -0.05) is 42.5 Å². The number of hydrogen-bond acceptors (Lipinski definition) is 3. The second-order valence-electron chi connectivity index (χ2n) is 6.46. The highest BCUT2D eigenvalue weighted by molar-refractivity contribution is 5.99. The van der Waals surface area contributed by atoms with Crippen LogP contribution in [-0.2, 0) is 4.79 Å². The molecule has 0 heterocycles. The van der Waals surface area contributed by atoms with Crippen LogP contribution in [0.1, 0.15) is 28.4 Å². The van der Waals surface area contributed by atoms with Crippen molar-refractivity contribution in [2.24, 2.45) is 0 Å². The molecule has 0 bridgehead atoms. The number of ether oxygens (including phenoxy) is 1. The largest absolute Gasteiger partial charge is 0.481 e. The smallest absolute Gasteiger partial charge is 0.279 e. The molecule has 0 saturated heterocycles. The van der Waals surface area contributed by atoms with Gasteiger partial charge in [-0.25, -0.2) is 0 Å². The molecule has 0 saturated carbocycles. The number of nitrogens with one attached hydrogen (secondary N) is 2. The van der Waals surface area contributed by atoms with Gasteiger partial charge in [0.1, 0.15) is 5.75 Å². The Balaban J connectivity index is 1.60. The van der Waals surface area contributed by atoms with E-state index in [0.29, 0.717) is 11.3 Å². The molecule has 0 aliphatic carbocycles. The Labute approximate surface area is 158 Å². The van der Waals surface area contributed by atoms with Gasteiger partial charge in [-0.3, -0.25) is 20.4 Å². The summed E-state index contributed by atoms with van der Waals surface area (Å²) in [6.07, 6.45) is -0.748. The van der Waals surface area contributed by atoms with Crippen LogP contribution in [-0.4, -0.2) is 17.9 Å². The Hall–Kier alpha value is -3.34. The second-order valence-corrected chi connectivity index (χ2v) is 6.46. The minimum Gasteiger partial charge on any atom is -0.481 e. The van der Waals surface area contributed by atoms with Crippen LogP contribution in [0.3, 0.4) is 0 Å². The third-order valence-electron chi connectivity index (χ3n) is 4.54. The summed E-state index contributed by atoms with van der Waals surface area (Å²) >= 11 is 0. The van der Waals surface area contributed by atoms with E-state index in [1.807, 2.05) is 62.4 Å². The van der Waals surface area contributed by atoms with Gasteiger partial charge < -0.3 is 4.74 Å². The first-order valence-corrected chi connectivity index (χ1v) is 8.77. The van der Waals surface area contributed by atoms with Gasteiger partial charge in [0.05, 0.1) is 0 Å². The van der Waals surface area contributed by atoms with Gasteiger partial charge in [0.25, 0.3) is 11.8 Å². The fourth-order valence-corrected chi connectivity index (χ4v) is 2.72. The lowest BCUT2D eigenvalue weighted by molar-refractivity contribution is -0.128. The van der Waals surface area contributed by atoms with Crippen molar-refractivity contribution in [3.63, 3.8) is 0 Å². The first-order valence-electron chi connectivity index (χ1n) is 8.77. The Morgan fingerprint density at radius 1 is 0.889 bits per heavy atom. The Morgan fingerprint density at radius 2 is 1.63 bits per heavy atom. The van der Waals surface area contributed by atoms with Crippen LogP contribution in [0.15, 0.2) is 60.7 Å². The highest BCUT2D eigenvalue weighted by Crippen LogP contribution is 2.21. The summed E-state index contributed by atoms with van der Waals surface area (Å²) in [5.74, 6) is -0.156. The molecule has 3 aromatic carbocycles. The van der Waals surface area contributed by atoms with Crippen LogP contribution in [0, 0.1) is 13.8 Å². The molecule has 0 spiro atoms. The van der Waals surface area contributed by atoms with E-state index in [-0.39, 0.29) is 5.91 Å². The molecule has 138 valence electrons. The first kappa shape index (κ1) is 18.5. The van der Waals surface area contributed by atoms with Crippen molar-refractivity contribution in [1.82, 2.24) is 10.9 Å². The maximum absolute atomic E-state index is 12.3. The molecule has 3 aromatic rings. The standard InChI is InChI=1S/C22H22N2O3/c1-14-7-6-10-20(15(14)2)27-16(3)21(25)23-24-22(26)19-12-11-17-8-4-5-9-18(17)13-19/h4-13,16H,1-3H3,(H,23,25)(H,24,26). The molecule has 0 aliphatic rings. The number of hydrazine groups is 1. The van der Waals surface area contributed by atoms with Crippen molar-refractivity contribution in [3.8, 4) is 5.75 Å². The third kappa shape index (κ3) is 4.26. The highest BCUT2D eigenvalue weighted by atomic mass is 16.5. The van der Waals surface area contributed by atoms with Crippen molar-refractivity contribution in [2.45, 2.75) is 26.9 Å². The van der Waals surface area contributed by atoms with Gasteiger partial charge in [0.15, 0.2) is 6.10 Å². The molecule has 0 radical (unpaired) electrons. The van der Waals surface area contributed by atoms with Gasteiger partial charge in [-0.15, -0.1) is 0 Å². The van der Waals surface area contributed by atoms with Crippen molar-refractivity contribution in [1.29, 1.82) is 0 Å². The molecule has 27 heavy (non-hydrogen) atoms. The molecule has 0 fully saturated rings. The number of benzene rings is 3. The molecule has 1 unspecified atom stereocenters. The summed E-state index contributed by atoms with van der Waals surface area (Å²) in [6, 6.07) is 18.8. The highest BCUT2D eigenvalue weighted by Gasteiger charge is 2.17. The summed E-state index contributed by atoms with van der Waals surface area (Å²) < 4.78 is 5.72. The fourth-order valence-electron chi connectivity index (χ4n) is 2.72. The quantitative estimate of drug-likeness (QED) is 0.696. The van der Waals surface area contributed by atoms with Gasteiger partial charge >= 0.3 is 0 Å². The summed E-state index contributed by atoms with van der Waals surface area (Å²) in [5, 5.41) is 2.01. The lowest BCUT2D eigenvalue weighted by Gasteiger charge is -2.17. The number of aryl methyl sites for hydroxylation is 1. The van der Waals surface area contributed by atoms with E-state index < -0.39 is 12.0 Å². The van der Waals surface area contributed by atoms with Gasteiger partial charge in [0, 0.05) is 5.56 Å². The van der Waals surface area contributed by atoms with E-state index in [4.69, 9.17) is 4.74 Å². The SMILES string of the molecule is Cc1cccc(OC(C)C(=O)NNC(=O)c2ccc3ccccc3c2)c1C. The van der Waals surface area contributed by atoms with Gasteiger partial charge in [0.2, 0.25) is 0 Å². The number of rotatable bonds is 4. The van der Waals surface area contributed by atoms with Crippen molar-refractivity contribution >= 4 is 22.6 Å². The zero-order valence-electron chi connectivity index (χ0n) is 15.6. The number of hydrogen-bond donors (Lipinski definition) is 2. The van der Waals surface area contributed by atoms with E-state index in [1.165, 1.54) is 0 Å². The third-order valence-corrected chi connectivity index (χ3v) is 4.54. The van der Waals surface area contributed by atoms with Crippen LogP contribution < -0.4 is 15.6 Å². The molecular formula is C22H22N2O3. The number of carbonyl (C=O) groups is 2. The Bertz CT molecular complexity index is 998. The average molecular weight is 362 g/mol. The molecule has 1 atom stereocenters. The molecule has 5 nitrogen and oxygen atoms in total. The minimum absolute atomic E-state index is 0.381. The number of amides is 2. The molecule has 2 amide bonds. The van der Waals surface area contributed by atoms with E-state index >= 15 is 0 Å². The minimum atomic E-state index is -0.748. The summed E-state index contributed by atoms with van der Waals surface area (Å²) in [7, 11) is 0. The van der Waals surface area contributed by atoms with Crippen LogP contribution in [0.25, 0.3) is 10.8 Å². The first-order chi connectivity index (χ1) is 13.0. The Kier molecular flexibility index (Phi) is 5.41. The van der Waals surface area contributed by atoms with Crippen LogP contribution in [0.5, 0.6) is 5.75 Å². The molecule has 0 aliphatic heterocycles. The van der Waals surface area contributed by atoms with Crippen molar-refractivity contribution in [3.05, 3.63) is 77.4 Å². The van der Waals surface area contributed by atoms with Gasteiger partial charge in [-0.05, 0) is 60.9 Å². The fraction of sp³-hybridized carbons (Fsp3) is 0.182. The van der Waals surface area contributed by atoms with Crippen molar-refractivity contribution in [2.75, 3.05) is 0 Å². The van der Waals surface area contributed by atoms with E-state index in [9.17, 15) is 9.59 Å². The summed E-state index contributed by atoms with van der Waals surface area (Å²) in [4.78, 5) is 24.5. The predicted molar refractivity (Wildman–Crippen MR) is 106 cm³/mol. The zero-order valence-corrected chi connectivity index (χ0v) is 15.6. The summed E-state index contributed by atoms with van der Waals surface area (Å²) in [5.41, 5.74) is 7.40. The van der Waals surface area contributed by atoms with E-state index in [0.717, 1.165) is 21.9 Å². The van der Waals surface area contributed by atoms with E-state index in [2.05, 4.69) is 10.9 Å². The normalized spacial score (nSPS) is 11.7. The molecule has 0 aromatic heterocycles. The second kappa shape index (κ2) is 7.91. The number of fused-ring (bicyclic) bond motifs is 1. The van der Waals surface area contributed by atoms with E-state index in [1.54, 1.807) is 19.1 Å². The lowest BCUT2D eigenvalue weighted by atomic mass is 10.1. The Morgan fingerprint density at radius 3 is 2.41 bits per heavy atom. The maximum atomic E-state index is 12.3.